The molecule has 5 nitrogen and oxygen atoms in total. The highest BCUT2D eigenvalue weighted by Crippen LogP contribution is 2.23. The van der Waals surface area contributed by atoms with Crippen LogP contribution in [0.25, 0.3) is 0 Å². The lowest BCUT2D eigenvalue weighted by Crippen LogP contribution is -2.46. The fraction of sp³-hybridized carbons (Fsp3) is 0.278. The van der Waals surface area contributed by atoms with Crippen LogP contribution in [0.4, 0.5) is 4.39 Å². The summed E-state index contributed by atoms with van der Waals surface area (Å²) >= 11 is 11.7. The summed E-state index contributed by atoms with van der Waals surface area (Å²) in [7, 11) is -3.62. The number of hydrogen-bond acceptors (Lipinski definition) is 3. The summed E-state index contributed by atoms with van der Waals surface area (Å²) in [6, 6.07) is 9.76. The van der Waals surface area contributed by atoms with E-state index in [4.69, 9.17) is 23.2 Å². The lowest BCUT2D eigenvalue weighted by Gasteiger charge is -2.31. The molecule has 3 rings (SSSR count). The molecule has 1 aliphatic rings. The molecular weight excluding hydrogens is 414 g/mol. The normalized spacial score (nSPS) is 16.3. The van der Waals surface area contributed by atoms with Gasteiger partial charge in [0.2, 0.25) is 10.0 Å². The highest BCUT2D eigenvalue weighted by Gasteiger charge is 2.30. The van der Waals surface area contributed by atoms with Gasteiger partial charge in [0.05, 0.1) is 15.5 Å². The molecular formula is C18H17Cl2FN2O3S. The molecule has 0 saturated carbocycles. The van der Waals surface area contributed by atoms with Crippen molar-refractivity contribution in [1.29, 1.82) is 0 Å². The predicted molar refractivity (Wildman–Crippen MR) is 102 cm³/mol. The number of nitrogens with one attached hydrogen (secondary N) is 1. The van der Waals surface area contributed by atoms with E-state index in [9.17, 15) is 17.6 Å². The van der Waals surface area contributed by atoms with Gasteiger partial charge in [-0.2, -0.15) is 4.31 Å². The number of amides is 1. The van der Waals surface area contributed by atoms with Crippen molar-refractivity contribution in [3.05, 3.63) is 63.9 Å². The summed E-state index contributed by atoms with van der Waals surface area (Å²) in [5, 5.41) is 3.23. The van der Waals surface area contributed by atoms with Crippen molar-refractivity contribution in [1.82, 2.24) is 9.62 Å². The minimum atomic E-state index is -3.62. The van der Waals surface area contributed by atoms with Crippen LogP contribution < -0.4 is 5.32 Å². The van der Waals surface area contributed by atoms with Gasteiger partial charge in [-0.05, 0) is 49.2 Å². The molecule has 0 unspecified atom stereocenters. The van der Waals surface area contributed by atoms with Crippen molar-refractivity contribution >= 4 is 39.1 Å². The lowest BCUT2D eigenvalue weighted by molar-refractivity contribution is 0.0920. The molecule has 1 saturated heterocycles. The topological polar surface area (TPSA) is 66.5 Å². The summed E-state index contributed by atoms with van der Waals surface area (Å²) in [6.45, 7) is 0.502. The van der Waals surface area contributed by atoms with Crippen molar-refractivity contribution < 1.29 is 17.6 Å². The zero-order valence-electron chi connectivity index (χ0n) is 14.2. The van der Waals surface area contributed by atoms with Gasteiger partial charge in [0, 0.05) is 24.2 Å². The molecule has 1 N–H and O–H groups in total. The molecule has 1 aliphatic heterocycles. The monoisotopic (exact) mass is 430 g/mol. The number of piperidine rings is 1. The largest absolute Gasteiger partial charge is 0.349 e. The van der Waals surface area contributed by atoms with Crippen molar-refractivity contribution in [2.24, 2.45) is 0 Å². The van der Waals surface area contributed by atoms with Gasteiger partial charge in [-0.3, -0.25) is 4.79 Å². The van der Waals surface area contributed by atoms with Gasteiger partial charge in [0.25, 0.3) is 5.91 Å². The second-order valence-corrected chi connectivity index (χ2v) is 8.98. The fourth-order valence-electron chi connectivity index (χ4n) is 2.97. The van der Waals surface area contributed by atoms with Crippen LogP contribution in [0.5, 0.6) is 0 Å². The van der Waals surface area contributed by atoms with E-state index in [1.165, 1.54) is 46.8 Å². The lowest BCUT2D eigenvalue weighted by atomic mass is 10.1. The Hall–Kier alpha value is -1.67. The smallest absolute Gasteiger partial charge is 0.255 e. The van der Waals surface area contributed by atoms with E-state index in [1.54, 1.807) is 0 Å². The van der Waals surface area contributed by atoms with Gasteiger partial charge in [0.1, 0.15) is 5.82 Å². The van der Waals surface area contributed by atoms with Gasteiger partial charge in [-0.25, -0.2) is 12.8 Å². The van der Waals surface area contributed by atoms with Crippen LogP contribution in [-0.2, 0) is 10.0 Å². The molecule has 0 bridgehead atoms. The maximum absolute atomic E-state index is 13.8. The predicted octanol–water partition coefficient (Wildman–Crippen LogP) is 3.72. The third-order valence-corrected chi connectivity index (χ3v) is 6.91. The third kappa shape index (κ3) is 4.43. The Kier molecular flexibility index (Phi) is 6.05. The van der Waals surface area contributed by atoms with Gasteiger partial charge < -0.3 is 5.32 Å². The second kappa shape index (κ2) is 8.14. The van der Waals surface area contributed by atoms with Crippen LogP contribution in [0.2, 0.25) is 10.0 Å². The standard InChI is InChI=1S/C18H17Cl2FN2O3S/c19-12-4-6-14(7-5-12)27(25,26)23-10-8-13(9-11-23)22-18(24)17-15(20)2-1-3-16(17)21/h1-7,13H,8-11H2,(H,22,24). The molecule has 0 aliphatic carbocycles. The van der Waals surface area contributed by atoms with E-state index in [2.05, 4.69) is 5.32 Å². The van der Waals surface area contributed by atoms with Gasteiger partial charge in [-0.15, -0.1) is 0 Å². The minimum absolute atomic E-state index is 0.0373. The Balaban J connectivity index is 1.63. The van der Waals surface area contributed by atoms with Crippen molar-refractivity contribution in [2.45, 2.75) is 23.8 Å². The molecule has 1 fully saturated rings. The number of sulfonamides is 1. The number of carbonyl (C=O) groups is 1. The van der Waals surface area contributed by atoms with Crippen LogP contribution in [-0.4, -0.2) is 37.8 Å². The number of benzene rings is 2. The number of halogens is 3. The van der Waals surface area contributed by atoms with Crippen LogP contribution in [0.3, 0.4) is 0 Å². The molecule has 0 radical (unpaired) electrons. The molecule has 0 atom stereocenters. The molecule has 1 heterocycles. The highest BCUT2D eigenvalue weighted by molar-refractivity contribution is 7.89. The number of hydrogen-bond donors (Lipinski definition) is 1. The first-order valence-electron chi connectivity index (χ1n) is 8.29. The number of carbonyl (C=O) groups excluding carboxylic acids is 1. The Bertz CT molecular complexity index is 923. The molecule has 144 valence electrons. The molecule has 0 aromatic heterocycles. The minimum Gasteiger partial charge on any atom is -0.349 e. The SMILES string of the molecule is O=C(NC1CCN(S(=O)(=O)c2ccc(Cl)cc2)CC1)c1c(F)cccc1Cl. The first-order valence-corrected chi connectivity index (χ1v) is 10.5. The Morgan fingerprint density at radius 1 is 1.07 bits per heavy atom. The molecule has 1 amide bonds. The van der Waals surface area contributed by atoms with Gasteiger partial charge >= 0.3 is 0 Å². The summed E-state index contributed by atoms with van der Waals surface area (Å²) in [5.41, 5.74) is -0.199. The third-order valence-electron chi connectivity index (χ3n) is 4.43. The Labute approximate surface area is 167 Å². The maximum Gasteiger partial charge on any atom is 0.255 e. The van der Waals surface area contributed by atoms with Crippen molar-refractivity contribution in [3.63, 3.8) is 0 Å². The van der Waals surface area contributed by atoms with E-state index >= 15 is 0 Å². The summed E-state index contributed by atoms with van der Waals surface area (Å²) in [5.74, 6) is -1.29. The zero-order valence-corrected chi connectivity index (χ0v) is 16.5. The quantitative estimate of drug-likeness (QED) is 0.803. The fourth-order valence-corrected chi connectivity index (χ4v) is 4.81. The van der Waals surface area contributed by atoms with Crippen LogP contribution in [0.1, 0.15) is 23.2 Å². The summed E-state index contributed by atoms with van der Waals surface area (Å²) < 4.78 is 40.6. The average molecular weight is 431 g/mol. The molecule has 2 aromatic rings. The van der Waals surface area contributed by atoms with E-state index in [-0.39, 0.29) is 34.6 Å². The summed E-state index contributed by atoms with van der Waals surface area (Å²) in [6.07, 6.45) is 0.843. The van der Waals surface area contributed by atoms with Crippen molar-refractivity contribution in [3.8, 4) is 0 Å². The molecule has 27 heavy (non-hydrogen) atoms. The highest BCUT2D eigenvalue weighted by atomic mass is 35.5. The number of rotatable bonds is 4. The van der Waals surface area contributed by atoms with Crippen LogP contribution in [0.15, 0.2) is 47.4 Å². The van der Waals surface area contributed by atoms with Crippen LogP contribution in [0, 0.1) is 5.82 Å². The van der Waals surface area contributed by atoms with E-state index in [0.29, 0.717) is 17.9 Å². The van der Waals surface area contributed by atoms with Gasteiger partial charge in [-0.1, -0.05) is 29.3 Å². The van der Waals surface area contributed by atoms with E-state index in [0.717, 1.165) is 0 Å². The Morgan fingerprint density at radius 2 is 1.70 bits per heavy atom. The number of nitrogens with zero attached hydrogens (tertiary/aromatic N) is 1. The van der Waals surface area contributed by atoms with Crippen LogP contribution >= 0.6 is 23.2 Å². The average Bonchev–Trinajstić information content (AvgIpc) is 2.62. The van der Waals surface area contributed by atoms with Crippen molar-refractivity contribution in [2.75, 3.05) is 13.1 Å². The second-order valence-electron chi connectivity index (χ2n) is 6.20. The molecule has 9 heteroatoms. The maximum atomic E-state index is 13.8. The first kappa shape index (κ1) is 20.1. The Morgan fingerprint density at radius 3 is 2.30 bits per heavy atom. The molecule has 2 aromatic carbocycles. The zero-order chi connectivity index (χ0) is 19.6. The van der Waals surface area contributed by atoms with E-state index in [1.807, 2.05) is 0 Å². The van der Waals surface area contributed by atoms with E-state index < -0.39 is 21.7 Å². The summed E-state index contributed by atoms with van der Waals surface area (Å²) in [4.78, 5) is 12.5. The van der Waals surface area contributed by atoms with Gasteiger partial charge in [0.15, 0.2) is 0 Å². The molecule has 0 spiro atoms. The first-order chi connectivity index (χ1) is 12.8.